The second-order valence-corrected chi connectivity index (χ2v) is 4.35. The van der Waals surface area contributed by atoms with E-state index in [0.717, 1.165) is 11.4 Å². The van der Waals surface area contributed by atoms with Gasteiger partial charge in [-0.2, -0.15) is 0 Å². The number of rotatable bonds is 3. The van der Waals surface area contributed by atoms with Crippen LogP contribution in [-0.4, -0.2) is 21.3 Å². The Hall–Kier alpha value is -0.970. The van der Waals surface area contributed by atoms with Crippen LogP contribution in [0.3, 0.4) is 0 Å². The Morgan fingerprint density at radius 3 is 2.54 bits per heavy atom. The predicted octanol–water partition coefficient (Wildman–Crippen LogP) is 1.46. The summed E-state index contributed by atoms with van der Waals surface area (Å²) in [6, 6.07) is 0. The summed E-state index contributed by atoms with van der Waals surface area (Å²) >= 11 is 1.37. The Morgan fingerprint density at radius 1 is 1.54 bits per heavy atom. The number of aryl methyl sites for hydroxylation is 1. The molecule has 0 spiro atoms. The molecule has 1 rings (SSSR count). The van der Waals surface area contributed by atoms with E-state index in [0.29, 0.717) is 5.01 Å². The van der Waals surface area contributed by atoms with E-state index in [-0.39, 0.29) is 0 Å². The summed E-state index contributed by atoms with van der Waals surface area (Å²) in [6.45, 7) is 5.24. The van der Waals surface area contributed by atoms with Crippen LogP contribution in [0.5, 0.6) is 0 Å². The topological polar surface area (TPSA) is 63.1 Å². The summed E-state index contributed by atoms with van der Waals surface area (Å²) in [4.78, 5) is 10.9. The van der Waals surface area contributed by atoms with Crippen molar-refractivity contribution in [2.75, 3.05) is 0 Å². The lowest BCUT2D eigenvalue weighted by atomic mass is 9.95. The highest BCUT2D eigenvalue weighted by Crippen LogP contribution is 2.26. The first kappa shape index (κ1) is 10.1. The van der Waals surface area contributed by atoms with Gasteiger partial charge in [-0.15, -0.1) is 21.5 Å². The van der Waals surface area contributed by atoms with Gasteiger partial charge in [0.2, 0.25) is 0 Å². The Morgan fingerprint density at radius 2 is 2.15 bits per heavy atom. The first-order valence-electron chi connectivity index (χ1n) is 4.04. The minimum atomic E-state index is -0.926. The second kappa shape index (κ2) is 3.41. The molecule has 0 aromatic carbocycles. The average molecular weight is 200 g/mol. The number of carboxylic acids is 1. The molecule has 1 aromatic rings. The average Bonchev–Trinajstić information content (AvgIpc) is 2.51. The molecule has 5 heteroatoms. The van der Waals surface area contributed by atoms with Gasteiger partial charge < -0.3 is 5.11 Å². The maximum Gasteiger partial charge on any atom is 0.316 e. The predicted molar refractivity (Wildman–Crippen MR) is 49.9 cm³/mol. The van der Waals surface area contributed by atoms with E-state index in [9.17, 15) is 4.79 Å². The van der Waals surface area contributed by atoms with Crippen molar-refractivity contribution >= 4 is 17.3 Å². The summed E-state index contributed by atoms with van der Waals surface area (Å²) in [6.07, 6.45) is 0.799. The van der Waals surface area contributed by atoms with Crippen LogP contribution in [0.4, 0.5) is 0 Å². The molecule has 0 aliphatic heterocycles. The highest BCUT2D eigenvalue weighted by atomic mass is 32.1. The number of carbonyl (C=O) groups is 1. The van der Waals surface area contributed by atoms with Crippen LogP contribution in [0.25, 0.3) is 0 Å². The first-order valence-corrected chi connectivity index (χ1v) is 4.86. The molecule has 1 aromatic heterocycles. The molecule has 0 fully saturated rings. The van der Waals surface area contributed by atoms with Crippen LogP contribution in [0.2, 0.25) is 0 Å². The van der Waals surface area contributed by atoms with Crippen LogP contribution in [-0.2, 0) is 16.6 Å². The molecule has 0 amide bonds. The van der Waals surface area contributed by atoms with Crippen molar-refractivity contribution in [3.63, 3.8) is 0 Å². The lowest BCUT2D eigenvalue weighted by molar-refractivity contribution is -0.142. The molecule has 0 saturated carbocycles. The van der Waals surface area contributed by atoms with E-state index in [2.05, 4.69) is 10.2 Å². The van der Waals surface area contributed by atoms with Gasteiger partial charge in [-0.1, -0.05) is 6.92 Å². The highest BCUT2D eigenvalue weighted by molar-refractivity contribution is 7.11. The van der Waals surface area contributed by atoms with Gasteiger partial charge in [0.1, 0.15) is 15.4 Å². The Labute approximate surface area is 80.6 Å². The van der Waals surface area contributed by atoms with Gasteiger partial charge in [-0.05, 0) is 20.3 Å². The van der Waals surface area contributed by atoms with Crippen molar-refractivity contribution in [3.05, 3.63) is 10.0 Å². The third-order valence-electron chi connectivity index (χ3n) is 1.84. The molecule has 0 aliphatic carbocycles. The van der Waals surface area contributed by atoms with Crippen molar-refractivity contribution in [1.29, 1.82) is 0 Å². The summed E-state index contributed by atoms with van der Waals surface area (Å²) in [5.74, 6) is -0.869. The molecule has 0 unspecified atom stereocenters. The van der Waals surface area contributed by atoms with Crippen molar-refractivity contribution in [1.82, 2.24) is 10.2 Å². The maximum absolute atomic E-state index is 10.9. The number of hydrogen-bond donors (Lipinski definition) is 1. The molecule has 72 valence electrons. The van der Waals surface area contributed by atoms with E-state index >= 15 is 0 Å². The van der Waals surface area contributed by atoms with Crippen molar-refractivity contribution in [2.24, 2.45) is 0 Å². The van der Waals surface area contributed by atoms with Gasteiger partial charge in [0, 0.05) is 0 Å². The largest absolute Gasteiger partial charge is 0.481 e. The van der Waals surface area contributed by atoms with Crippen molar-refractivity contribution in [2.45, 2.75) is 32.6 Å². The molecule has 0 aliphatic rings. The van der Waals surface area contributed by atoms with E-state index in [1.807, 2.05) is 6.92 Å². The molecule has 13 heavy (non-hydrogen) atoms. The fourth-order valence-electron chi connectivity index (χ4n) is 0.741. The zero-order valence-electron chi connectivity index (χ0n) is 7.87. The number of carboxylic acid groups (broad SMARTS) is 1. The lowest BCUT2D eigenvalue weighted by Crippen LogP contribution is -2.28. The lowest BCUT2D eigenvalue weighted by Gasteiger charge is -2.13. The quantitative estimate of drug-likeness (QED) is 0.802. The van der Waals surface area contributed by atoms with Gasteiger partial charge in [-0.25, -0.2) is 0 Å². The molecule has 0 radical (unpaired) electrons. The smallest absolute Gasteiger partial charge is 0.316 e. The fraction of sp³-hybridized carbons (Fsp3) is 0.625. The zero-order valence-corrected chi connectivity index (χ0v) is 8.68. The van der Waals surface area contributed by atoms with Gasteiger partial charge in [-0.3, -0.25) is 4.79 Å². The minimum absolute atomic E-state index is 0.567. The SMILES string of the molecule is CCc1nnc(C(C)(C)C(=O)O)s1. The van der Waals surface area contributed by atoms with E-state index < -0.39 is 11.4 Å². The molecular formula is C8H12N2O2S. The molecule has 0 bridgehead atoms. The fourth-order valence-corrected chi connectivity index (χ4v) is 1.61. The molecule has 4 nitrogen and oxygen atoms in total. The normalized spacial score (nSPS) is 11.6. The molecule has 1 heterocycles. The van der Waals surface area contributed by atoms with Crippen molar-refractivity contribution < 1.29 is 9.90 Å². The van der Waals surface area contributed by atoms with Gasteiger partial charge >= 0.3 is 5.97 Å². The van der Waals surface area contributed by atoms with E-state index in [4.69, 9.17) is 5.11 Å². The van der Waals surface area contributed by atoms with Crippen molar-refractivity contribution in [3.8, 4) is 0 Å². The molecule has 1 N–H and O–H groups in total. The van der Waals surface area contributed by atoms with Gasteiger partial charge in [0.05, 0.1) is 0 Å². The Bertz CT molecular complexity index is 320. The standard InChI is InChI=1S/C8H12N2O2S/c1-4-5-9-10-6(13-5)8(2,3)7(11)12/h4H2,1-3H3,(H,11,12). The van der Waals surface area contributed by atoms with Crippen LogP contribution in [0, 0.1) is 0 Å². The van der Waals surface area contributed by atoms with Crippen LogP contribution in [0.15, 0.2) is 0 Å². The van der Waals surface area contributed by atoms with Crippen LogP contribution < -0.4 is 0 Å². The van der Waals surface area contributed by atoms with E-state index in [1.165, 1.54) is 11.3 Å². The minimum Gasteiger partial charge on any atom is -0.481 e. The van der Waals surface area contributed by atoms with Gasteiger partial charge in [0.25, 0.3) is 0 Å². The number of nitrogens with zero attached hydrogens (tertiary/aromatic N) is 2. The van der Waals surface area contributed by atoms with E-state index in [1.54, 1.807) is 13.8 Å². The third-order valence-corrected chi connectivity index (χ3v) is 3.23. The van der Waals surface area contributed by atoms with Gasteiger partial charge in [0.15, 0.2) is 0 Å². The summed E-state index contributed by atoms with van der Waals surface area (Å²) < 4.78 is 0. The summed E-state index contributed by atoms with van der Waals surface area (Å²) in [5, 5.41) is 18.1. The second-order valence-electron chi connectivity index (χ2n) is 3.28. The van der Waals surface area contributed by atoms with Crippen LogP contribution >= 0.6 is 11.3 Å². The third kappa shape index (κ3) is 1.85. The molecular weight excluding hydrogens is 188 g/mol. The first-order chi connectivity index (χ1) is 5.98. The summed E-state index contributed by atoms with van der Waals surface area (Å²) in [7, 11) is 0. The maximum atomic E-state index is 10.9. The number of aliphatic carboxylic acids is 1. The highest BCUT2D eigenvalue weighted by Gasteiger charge is 2.33. The number of aromatic nitrogens is 2. The molecule has 0 saturated heterocycles. The monoisotopic (exact) mass is 200 g/mol. The molecule has 0 atom stereocenters. The summed E-state index contributed by atoms with van der Waals surface area (Å²) in [5.41, 5.74) is -0.926. The number of hydrogen-bond acceptors (Lipinski definition) is 4. The van der Waals surface area contributed by atoms with Crippen LogP contribution in [0.1, 0.15) is 30.8 Å². The Balaban J connectivity index is 3.00. The Kier molecular flexibility index (Phi) is 2.66. The zero-order chi connectivity index (χ0) is 10.1.